The number of carboxylic acid groups (broad SMARTS) is 1. The lowest BCUT2D eigenvalue weighted by Gasteiger charge is -2.04. The van der Waals surface area contributed by atoms with E-state index in [9.17, 15) is 9.59 Å². The van der Waals surface area contributed by atoms with Crippen molar-refractivity contribution < 1.29 is 14.3 Å². The number of rotatable bonds is 2. The molecule has 0 spiro atoms. The highest BCUT2D eigenvalue weighted by Gasteiger charge is 2.14. The largest absolute Gasteiger partial charge is 0.477 e. The molecule has 2 rings (SSSR count). The molecule has 1 N–H and O–H groups in total. The summed E-state index contributed by atoms with van der Waals surface area (Å²) in [7, 11) is 0. The molecular formula is C12H9ClO4. The van der Waals surface area contributed by atoms with Gasteiger partial charge in [0, 0.05) is 10.4 Å². The highest BCUT2D eigenvalue weighted by atomic mass is 35.5. The van der Waals surface area contributed by atoms with Gasteiger partial charge in [-0.15, -0.1) is 0 Å². The normalized spacial score (nSPS) is 10.7. The van der Waals surface area contributed by atoms with Gasteiger partial charge in [-0.05, 0) is 30.2 Å². The fourth-order valence-electron chi connectivity index (χ4n) is 1.68. The highest BCUT2D eigenvalue weighted by molar-refractivity contribution is 6.31. The maximum absolute atomic E-state index is 11.4. The zero-order valence-corrected chi connectivity index (χ0v) is 9.75. The third-order valence-electron chi connectivity index (χ3n) is 2.49. The molecule has 0 aliphatic heterocycles. The van der Waals surface area contributed by atoms with Crippen LogP contribution in [-0.4, -0.2) is 11.1 Å². The Morgan fingerprint density at radius 2 is 2.12 bits per heavy atom. The number of carboxylic acids is 1. The third kappa shape index (κ3) is 2.03. The first-order valence-corrected chi connectivity index (χ1v) is 5.40. The number of halogens is 1. The molecule has 1 heterocycles. The summed E-state index contributed by atoms with van der Waals surface area (Å²) in [5, 5.41) is 9.83. The Morgan fingerprint density at radius 1 is 1.41 bits per heavy atom. The summed E-state index contributed by atoms with van der Waals surface area (Å²) >= 11 is 5.91. The molecule has 0 bridgehead atoms. The van der Waals surface area contributed by atoms with Gasteiger partial charge in [0.05, 0.1) is 0 Å². The molecule has 1 aromatic carbocycles. The van der Waals surface area contributed by atoms with Gasteiger partial charge in [0.1, 0.15) is 11.1 Å². The molecule has 17 heavy (non-hydrogen) atoms. The zero-order chi connectivity index (χ0) is 12.6. The Morgan fingerprint density at radius 3 is 2.71 bits per heavy atom. The molecule has 1 aromatic heterocycles. The summed E-state index contributed by atoms with van der Waals surface area (Å²) in [5.74, 6) is -1.31. The van der Waals surface area contributed by atoms with E-state index in [1.165, 1.54) is 6.07 Å². The van der Waals surface area contributed by atoms with Crippen molar-refractivity contribution in [2.75, 3.05) is 0 Å². The Labute approximate surface area is 101 Å². The number of hydrogen-bond acceptors (Lipinski definition) is 3. The molecule has 5 heteroatoms. The average Bonchev–Trinajstić information content (AvgIpc) is 2.27. The SMILES string of the molecule is CCc1cc(Cl)cc2cc(C(=O)O)c(=O)oc12. The molecule has 2 aromatic rings. The zero-order valence-electron chi connectivity index (χ0n) is 8.99. The Balaban J connectivity index is 2.87. The molecular weight excluding hydrogens is 244 g/mol. The molecule has 0 saturated heterocycles. The fourth-order valence-corrected chi connectivity index (χ4v) is 1.93. The van der Waals surface area contributed by atoms with Gasteiger partial charge in [0.15, 0.2) is 0 Å². The van der Waals surface area contributed by atoms with E-state index >= 15 is 0 Å². The number of benzene rings is 1. The van der Waals surface area contributed by atoms with Crippen LogP contribution in [0.2, 0.25) is 5.02 Å². The Kier molecular flexibility index (Phi) is 2.90. The van der Waals surface area contributed by atoms with E-state index in [1.807, 2.05) is 6.92 Å². The monoisotopic (exact) mass is 252 g/mol. The summed E-state index contributed by atoms with van der Waals surface area (Å²) in [6, 6.07) is 4.56. The number of aromatic carboxylic acids is 1. The standard InChI is InChI=1S/C12H9ClO4/c1-2-6-3-8(13)4-7-5-9(11(14)15)12(16)17-10(6)7/h3-5H,2H2,1H3,(H,14,15). The predicted octanol–water partition coefficient (Wildman–Crippen LogP) is 2.71. The van der Waals surface area contributed by atoms with Crippen molar-refractivity contribution in [3.05, 3.63) is 44.8 Å². The van der Waals surface area contributed by atoms with Crippen LogP contribution in [0.1, 0.15) is 22.8 Å². The fraction of sp³-hybridized carbons (Fsp3) is 0.167. The van der Waals surface area contributed by atoms with E-state index in [2.05, 4.69) is 0 Å². The van der Waals surface area contributed by atoms with Gasteiger partial charge in [-0.3, -0.25) is 0 Å². The first kappa shape index (κ1) is 11.7. The first-order chi connectivity index (χ1) is 8.02. The topological polar surface area (TPSA) is 67.5 Å². The lowest BCUT2D eigenvalue weighted by Crippen LogP contribution is -2.13. The summed E-state index contributed by atoms with van der Waals surface area (Å²) in [6.45, 7) is 1.90. The molecule has 0 saturated carbocycles. The molecule has 4 nitrogen and oxygen atoms in total. The van der Waals surface area contributed by atoms with Crippen LogP contribution in [0.25, 0.3) is 11.0 Å². The van der Waals surface area contributed by atoms with E-state index in [-0.39, 0.29) is 5.56 Å². The lowest BCUT2D eigenvalue weighted by molar-refractivity contribution is 0.0692. The van der Waals surface area contributed by atoms with Crippen LogP contribution >= 0.6 is 11.6 Å². The second-order valence-corrected chi connectivity index (χ2v) is 4.03. The van der Waals surface area contributed by atoms with Gasteiger partial charge >= 0.3 is 11.6 Å². The van der Waals surface area contributed by atoms with Crippen LogP contribution in [0.5, 0.6) is 0 Å². The minimum Gasteiger partial charge on any atom is -0.477 e. The van der Waals surface area contributed by atoms with Gasteiger partial charge in [0.2, 0.25) is 0 Å². The van der Waals surface area contributed by atoms with E-state index < -0.39 is 11.6 Å². The Bertz CT molecular complexity index is 657. The minimum atomic E-state index is -1.31. The van der Waals surface area contributed by atoms with Crippen LogP contribution in [-0.2, 0) is 6.42 Å². The van der Waals surface area contributed by atoms with Gasteiger partial charge in [0.25, 0.3) is 0 Å². The van der Waals surface area contributed by atoms with Crippen LogP contribution in [0, 0.1) is 0 Å². The summed E-state index contributed by atoms with van der Waals surface area (Å²) < 4.78 is 5.04. The summed E-state index contributed by atoms with van der Waals surface area (Å²) in [4.78, 5) is 22.3. The van der Waals surface area contributed by atoms with Crippen LogP contribution in [0.4, 0.5) is 0 Å². The quantitative estimate of drug-likeness (QED) is 0.835. The maximum atomic E-state index is 11.4. The molecule has 0 atom stereocenters. The summed E-state index contributed by atoms with van der Waals surface area (Å²) in [6.07, 6.45) is 0.645. The first-order valence-electron chi connectivity index (χ1n) is 5.02. The molecule has 0 aliphatic rings. The second kappa shape index (κ2) is 4.22. The van der Waals surface area contributed by atoms with Gasteiger partial charge < -0.3 is 9.52 Å². The van der Waals surface area contributed by atoms with Crippen molar-refractivity contribution in [2.45, 2.75) is 13.3 Å². The summed E-state index contributed by atoms with van der Waals surface area (Å²) in [5.41, 5.74) is -0.0581. The number of fused-ring (bicyclic) bond motifs is 1. The van der Waals surface area contributed by atoms with Gasteiger partial charge in [-0.1, -0.05) is 18.5 Å². The minimum absolute atomic E-state index is 0.387. The van der Waals surface area contributed by atoms with E-state index in [1.54, 1.807) is 12.1 Å². The predicted molar refractivity (Wildman–Crippen MR) is 63.8 cm³/mol. The van der Waals surface area contributed by atoms with Crippen molar-refractivity contribution >= 4 is 28.5 Å². The number of carbonyl (C=O) groups is 1. The molecule has 0 unspecified atom stereocenters. The van der Waals surface area contributed by atoms with E-state index in [4.69, 9.17) is 21.1 Å². The van der Waals surface area contributed by atoms with Gasteiger partial charge in [-0.2, -0.15) is 0 Å². The highest BCUT2D eigenvalue weighted by Crippen LogP contribution is 2.24. The molecule has 88 valence electrons. The smallest absolute Gasteiger partial charge is 0.351 e. The van der Waals surface area contributed by atoms with Crippen molar-refractivity contribution in [3.8, 4) is 0 Å². The van der Waals surface area contributed by atoms with Crippen molar-refractivity contribution in [2.24, 2.45) is 0 Å². The molecule has 0 amide bonds. The molecule has 0 fully saturated rings. The van der Waals surface area contributed by atoms with Crippen molar-refractivity contribution in [1.29, 1.82) is 0 Å². The Hall–Kier alpha value is -1.81. The van der Waals surface area contributed by atoms with Crippen molar-refractivity contribution in [1.82, 2.24) is 0 Å². The van der Waals surface area contributed by atoms with Crippen molar-refractivity contribution in [3.63, 3.8) is 0 Å². The second-order valence-electron chi connectivity index (χ2n) is 3.59. The lowest BCUT2D eigenvalue weighted by atomic mass is 10.1. The molecule has 0 aliphatic carbocycles. The maximum Gasteiger partial charge on any atom is 0.351 e. The van der Waals surface area contributed by atoms with Gasteiger partial charge in [-0.25, -0.2) is 9.59 Å². The van der Waals surface area contributed by atoms with Crippen LogP contribution in [0.15, 0.2) is 27.4 Å². The van der Waals surface area contributed by atoms with E-state index in [0.717, 1.165) is 5.56 Å². The van der Waals surface area contributed by atoms with E-state index in [0.29, 0.717) is 22.4 Å². The number of hydrogen-bond donors (Lipinski definition) is 1. The average molecular weight is 253 g/mol. The van der Waals surface area contributed by atoms with Crippen LogP contribution in [0.3, 0.4) is 0 Å². The third-order valence-corrected chi connectivity index (χ3v) is 2.70. The molecule has 0 radical (unpaired) electrons. The van der Waals surface area contributed by atoms with Crippen LogP contribution < -0.4 is 5.63 Å². The number of aryl methyl sites for hydroxylation is 1.